The van der Waals surface area contributed by atoms with E-state index < -0.39 is 0 Å². The Hall–Kier alpha value is -3.73. The lowest BCUT2D eigenvalue weighted by Crippen LogP contribution is -2.21. The monoisotopic (exact) mass is 373 g/mol. The number of rotatable bonds is 5. The molecular formula is C20H19N7O. The van der Waals surface area contributed by atoms with Crippen LogP contribution in [0.25, 0.3) is 5.69 Å². The summed E-state index contributed by atoms with van der Waals surface area (Å²) >= 11 is 0. The predicted molar refractivity (Wildman–Crippen MR) is 105 cm³/mol. The third-order valence-electron chi connectivity index (χ3n) is 4.75. The minimum absolute atomic E-state index is 0.0828. The molecule has 28 heavy (non-hydrogen) atoms. The molecule has 0 aromatic carbocycles. The van der Waals surface area contributed by atoms with Gasteiger partial charge in [-0.1, -0.05) is 6.07 Å². The van der Waals surface area contributed by atoms with Gasteiger partial charge in [-0.05, 0) is 37.5 Å². The van der Waals surface area contributed by atoms with E-state index in [0.29, 0.717) is 23.6 Å². The maximum atomic E-state index is 11.9. The van der Waals surface area contributed by atoms with E-state index in [1.807, 2.05) is 24.3 Å². The van der Waals surface area contributed by atoms with E-state index in [4.69, 9.17) is 5.26 Å². The number of pyridine rings is 2. The van der Waals surface area contributed by atoms with E-state index in [-0.39, 0.29) is 5.56 Å². The molecule has 4 rings (SSSR count). The molecule has 3 aromatic heterocycles. The van der Waals surface area contributed by atoms with Crippen LogP contribution in [0.3, 0.4) is 0 Å². The predicted octanol–water partition coefficient (Wildman–Crippen LogP) is 2.34. The molecule has 3 heterocycles. The van der Waals surface area contributed by atoms with Gasteiger partial charge in [-0.15, -0.1) is 0 Å². The van der Waals surface area contributed by atoms with Gasteiger partial charge in [-0.2, -0.15) is 5.26 Å². The van der Waals surface area contributed by atoms with Crippen LogP contribution >= 0.6 is 0 Å². The van der Waals surface area contributed by atoms with Crippen molar-refractivity contribution in [3.8, 4) is 11.8 Å². The number of nitrogens with one attached hydrogen (secondary N) is 2. The summed E-state index contributed by atoms with van der Waals surface area (Å²) in [6, 6.07) is 11.4. The molecule has 8 nitrogen and oxygen atoms in total. The number of nitrogens with zero attached hydrogens (tertiary/aromatic N) is 5. The molecule has 1 aliphatic rings. The molecule has 0 radical (unpaired) electrons. The van der Waals surface area contributed by atoms with Crippen molar-refractivity contribution in [2.45, 2.75) is 31.3 Å². The number of hydrogen-bond donors (Lipinski definition) is 2. The molecular weight excluding hydrogens is 354 g/mol. The third-order valence-corrected chi connectivity index (χ3v) is 4.75. The zero-order chi connectivity index (χ0) is 19.3. The van der Waals surface area contributed by atoms with E-state index >= 15 is 0 Å². The Morgan fingerprint density at radius 3 is 2.39 bits per heavy atom. The van der Waals surface area contributed by atoms with Crippen molar-refractivity contribution >= 4 is 11.6 Å². The summed E-state index contributed by atoms with van der Waals surface area (Å²) < 4.78 is 1.56. The third kappa shape index (κ3) is 3.99. The second-order valence-electron chi connectivity index (χ2n) is 6.70. The zero-order valence-electron chi connectivity index (χ0n) is 15.1. The van der Waals surface area contributed by atoms with Crippen LogP contribution in [0.2, 0.25) is 0 Å². The minimum Gasteiger partial charge on any atom is -0.367 e. The number of aromatic nitrogens is 4. The molecule has 140 valence electrons. The summed E-state index contributed by atoms with van der Waals surface area (Å²) in [6.45, 7) is 0. The number of hydrogen-bond acceptors (Lipinski definition) is 7. The second kappa shape index (κ2) is 7.88. The zero-order valence-corrected chi connectivity index (χ0v) is 15.1. The number of nitriles is 1. The molecule has 3 aromatic rings. The molecule has 2 atom stereocenters. The van der Waals surface area contributed by atoms with E-state index in [2.05, 4.69) is 25.6 Å². The van der Waals surface area contributed by atoms with Gasteiger partial charge in [0.05, 0.1) is 24.3 Å². The Morgan fingerprint density at radius 2 is 1.75 bits per heavy atom. The average Bonchev–Trinajstić information content (AvgIpc) is 3.16. The molecule has 0 amide bonds. The van der Waals surface area contributed by atoms with Crippen molar-refractivity contribution in [1.82, 2.24) is 19.5 Å². The van der Waals surface area contributed by atoms with Crippen LogP contribution in [-0.4, -0.2) is 31.6 Å². The molecule has 0 unspecified atom stereocenters. The topological polar surface area (TPSA) is 109 Å². The summed E-state index contributed by atoms with van der Waals surface area (Å²) in [5, 5.41) is 15.6. The lowest BCUT2D eigenvalue weighted by Gasteiger charge is -2.15. The highest BCUT2D eigenvalue weighted by Crippen LogP contribution is 2.25. The van der Waals surface area contributed by atoms with Gasteiger partial charge >= 0.3 is 0 Å². The van der Waals surface area contributed by atoms with Gasteiger partial charge in [0.15, 0.2) is 5.69 Å². The molecule has 0 spiro atoms. The van der Waals surface area contributed by atoms with Crippen LogP contribution in [0, 0.1) is 11.3 Å². The largest absolute Gasteiger partial charge is 0.367 e. The first-order valence-corrected chi connectivity index (χ1v) is 9.10. The quantitative estimate of drug-likeness (QED) is 0.706. The average molecular weight is 373 g/mol. The van der Waals surface area contributed by atoms with Crippen LogP contribution < -0.4 is 16.2 Å². The molecule has 8 heteroatoms. The summed E-state index contributed by atoms with van der Waals surface area (Å²) in [5.74, 6) is 1.47. The molecule has 0 aliphatic heterocycles. The van der Waals surface area contributed by atoms with Gasteiger partial charge in [-0.3, -0.25) is 9.36 Å². The summed E-state index contributed by atoms with van der Waals surface area (Å²) in [4.78, 5) is 24.6. The highest BCUT2D eigenvalue weighted by Gasteiger charge is 2.25. The fourth-order valence-corrected chi connectivity index (χ4v) is 3.38. The Labute approximate surface area is 161 Å². The Bertz CT molecular complexity index is 1040. The van der Waals surface area contributed by atoms with Crippen molar-refractivity contribution in [1.29, 1.82) is 5.26 Å². The molecule has 0 saturated heterocycles. The van der Waals surface area contributed by atoms with Gasteiger partial charge in [0.1, 0.15) is 17.7 Å². The first kappa shape index (κ1) is 17.7. The van der Waals surface area contributed by atoms with E-state index in [1.165, 1.54) is 12.3 Å². The van der Waals surface area contributed by atoms with Crippen LogP contribution in [-0.2, 0) is 0 Å². The highest BCUT2D eigenvalue weighted by molar-refractivity contribution is 5.42. The first-order chi connectivity index (χ1) is 13.7. The lowest BCUT2D eigenvalue weighted by atomic mass is 10.2. The van der Waals surface area contributed by atoms with Gasteiger partial charge < -0.3 is 10.6 Å². The van der Waals surface area contributed by atoms with Crippen LogP contribution in [0.1, 0.15) is 25.0 Å². The normalized spacial score (nSPS) is 18.4. The maximum absolute atomic E-state index is 11.9. The molecule has 0 bridgehead atoms. The second-order valence-corrected chi connectivity index (χ2v) is 6.70. The van der Waals surface area contributed by atoms with Crippen molar-refractivity contribution in [3.05, 3.63) is 71.2 Å². The molecule has 1 fully saturated rings. The minimum atomic E-state index is -0.0828. The Balaban J connectivity index is 1.34. The summed E-state index contributed by atoms with van der Waals surface area (Å²) in [6.07, 6.45) is 9.44. The molecule has 2 N–H and O–H groups in total. The maximum Gasteiger partial charge on any atom is 0.255 e. The van der Waals surface area contributed by atoms with Gasteiger partial charge in [0, 0.05) is 24.3 Å². The van der Waals surface area contributed by atoms with Crippen molar-refractivity contribution in [3.63, 3.8) is 0 Å². The SMILES string of the molecule is N#Cc1cnc(N[C@H]2CC[C@H](Nc3ccc(-n4ccccc4=O)cn3)C2)cn1. The summed E-state index contributed by atoms with van der Waals surface area (Å²) in [5.41, 5.74) is 0.964. The highest BCUT2D eigenvalue weighted by atomic mass is 16.1. The van der Waals surface area contributed by atoms with Gasteiger partial charge in [-0.25, -0.2) is 15.0 Å². The van der Waals surface area contributed by atoms with E-state index in [1.54, 1.807) is 29.2 Å². The number of anilines is 2. The van der Waals surface area contributed by atoms with Crippen LogP contribution in [0.15, 0.2) is 59.9 Å². The van der Waals surface area contributed by atoms with Gasteiger partial charge in [0.2, 0.25) is 0 Å². The van der Waals surface area contributed by atoms with Crippen LogP contribution in [0.5, 0.6) is 0 Å². The molecule has 1 saturated carbocycles. The van der Waals surface area contributed by atoms with E-state index in [0.717, 1.165) is 30.8 Å². The first-order valence-electron chi connectivity index (χ1n) is 9.10. The van der Waals surface area contributed by atoms with Gasteiger partial charge in [0.25, 0.3) is 5.56 Å². The standard InChI is InChI=1S/C20H19N7O/c21-10-16-11-23-19(13-22-16)26-15-5-4-14(9-15)25-18-7-6-17(12-24-18)27-8-2-1-3-20(27)28/h1-3,6-8,11-15H,4-5,9H2,(H,23,26)(H,24,25)/t14-,15-/m0/s1. The molecule has 1 aliphatic carbocycles. The van der Waals surface area contributed by atoms with Crippen molar-refractivity contribution in [2.24, 2.45) is 0 Å². The fourth-order valence-electron chi connectivity index (χ4n) is 3.38. The van der Waals surface area contributed by atoms with E-state index in [9.17, 15) is 4.79 Å². The Kier molecular flexibility index (Phi) is 4.97. The summed E-state index contributed by atoms with van der Waals surface area (Å²) in [7, 11) is 0. The van der Waals surface area contributed by atoms with Crippen molar-refractivity contribution < 1.29 is 0 Å². The van der Waals surface area contributed by atoms with Crippen molar-refractivity contribution in [2.75, 3.05) is 10.6 Å². The smallest absolute Gasteiger partial charge is 0.255 e. The Morgan fingerprint density at radius 1 is 0.964 bits per heavy atom. The fraction of sp³-hybridized carbons (Fsp3) is 0.250. The lowest BCUT2D eigenvalue weighted by molar-refractivity contribution is 0.719. The van der Waals surface area contributed by atoms with Crippen LogP contribution in [0.4, 0.5) is 11.6 Å².